The summed E-state index contributed by atoms with van der Waals surface area (Å²) in [6, 6.07) is 20.2. The third-order valence-electron chi connectivity index (χ3n) is 5.43. The van der Waals surface area contributed by atoms with E-state index in [4.69, 9.17) is 4.74 Å². The minimum atomic E-state index is -3.73. The highest BCUT2D eigenvalue weighted by Gasteiger charge is 2.23. The van der Waals surface area contributed by atoms with Crippen LogP contribution in [-0.2, 0) is 21.3 Å². The molecule has 1 aromatic heterocycles. The molecule has 0 aliphatic carbocycles. The first-order valence-electron chi connectivity index (χ1n) is 11.3. The van der Waals surface area contributed by atoms with Gasteiger partial charge in [-0.2, -0.15) is 4.31 Å². The van der Waals surface area contributed by atoms with Crippen molar-refractivity contribution in [2.75, 3.05) is 18.5 Å². The Bertz CT molecular complexity index is 1480. The van der Waals surface area contributed by atoms with Crippen LogP contribution in [-0.4, -0.2) is 42.7 Å². The van der Waals surface area contributed by atoms with Crippen LogP contribution in [0.3, 0.4) is 0 Å². The number of rotatable bonds is 9. The lowest BCUT2D eigenvalue weighted by atomic mass is 10.2. The van der Waals surface area contributed by atoms with E-state index in [1.165, 1.54) is 39.9 Å². The fourth-order valence-corrected chi connectivity index (χ4v) is 5.91. The van der Waals surface area contributed by atoms with Crippen LogP contribution in [0.25, 0.3) is 10.2 Å². The first-order chi connectivity index (χ1) is 17.3. The molecule has 8 nitrogen and oxygen atoms in total. The number of thiazole rings is 1. The zero-order chi connectivity index (χ0) is 25.7. The van der Waals surface area contributed by atoms with Gasteiger partial charge in [0.05, 0.1) is 27.3 Å². The van der Waals surface area contributed by atoms with Crippen LogP contribution in [0.15, 0.2) is 77.7 Å². The van der Waals surface area contributed by atoms with Gasteiger partial charge in [0.2, 0.25) is 10.0 Å². The van der Waals surface area contributed by atoms with Crippen molar-refractivity contribution < 1.29 is 22.7 Å². The molecule has 0 saturated carbocycles. The normalized spacial score (nSPS) is 11.5. The fraction of sp³-hybridized carbons (Fsp3) is 0.192. The van der Waals surface area contributed by atoms with E-state index in [0.717, 1.165) is 10.3 Å². The van der Waals surface area contributed by atoms with Gasteiger partial charge in [-0.05, 0) is 55.0 Å². The third-order valence-corrected chi connectivity index (χ3v) is 8.30. The van der Waals surface area contributed by atoms with Gasteiger partial charge in [-0.25, -0.2) is 18.2 Å². The Morgan fingerprint density at radius 3 is 2.33 bits per heavy atom. The number of benzene rings is 3. The van der Waals surface area contributed by atoms with Crippen LogP contribution in [0, 0.1) is 0 Å². The summed E-state index contributed by atoms with van der Waals surface area (Å²) >= 11 is 1.23. The van der Waals surface area contributed by atoms with E-state index >= 15 is 0 Å². The van der Waals surface area contributed by atoms with Gasteiger partial charge in [0.15, 0.2) is 5.13 Å². The fourth-order valence-electron chi connectivity index (χ4n) is 3.57. The van der Waals surface area contributed by atoms with Crippen molar-refractivity contribution in [3.05, 3.63) is 89.5 Å². The van der Waals surface area contributed by atoms with Crippen molar-refractivity contribution in [2.24, 2.45) is 0 Å². The summed E-state index contributed by atoms with van der Waals surface area (Å²) in [7, 11) is -3.73. The number of ether oxygens (including phenoxy) is 1. The molecule has 0 fully saturated rings. The molecule has 36 heavy (non-hydrogen) atoms. The Morgan fingerprint density at radius 1 is 0.972 bits per heavy atom. The van der Waals surface area contributed by atoms with Crippen LogP contribution in [0.4, 0.5) is 5.13 Å². The molecule has 1 amide bonds. The molecule has 0 unspecified atom stereocenters. The second-order valence-corrected chi connectivity index (χ2v) is 10.8. The summed E-state index contributed by atoms with van der Waals surface area (Å²) in [4.78, 5) is 29.2. The number of anilines is 1. The number of nitrogens with one attached hydrogen (secondary N) is 1. The number of fused-ring (bicyclic) bond motifs is 1. The van der Waals surface area contributed by atoms with Gasteiger partial charge in [0, 0.05) is 18.7 Å². The van der Waals surface area contributed by atoms with E-state index in [1.807, 2.05) is 30.3 Å². The molecular weight excluding hydrogens is 498 g/mol. The van der Waals surface area contributed by atoms with Gasteiger partial charge in [0.25, 0.3) is 5.91 Å². The Labute approximate surface area is 213 Å². The number of carbonyl (C=O) groups excluding carboxylic acids is 2. The molecule has 1 N–H and O–H groups in total. The van der Waals surface area contributed by atoms with E-state index in [0.29, 0.717) is 28.3 Å². The summed E-state index contributed by atoms with van der Waals surface area (Å²) in [5.74, 6) is -0.834. The van der Waals surface area contributed by atoms with Crippen molar-refractivity contribution in [1.29, 1.82) is 0 Å². The van der Waals surface area contributed by atoms with Crippen molar-refractivity contribution in [3.63, 3.8) is 0 Å². The topological polar surface area (TPSA) is 106 Å². The number of carbonyl (C=O) groups is 2. The minimum Gasteiger partial charge on any atom is -0.462 e. The summed E-state index contributed by atoms with van der Waals surface area (Å²) < 4.78 is 33.4. The van der Waals surface area contributed by atoms with Crippen molar-refractivity contribution >= 4 is 48.6 Å². The standard InChI is InChI=1S/C26H25N3O5S2/c1-3-29(17-18-8-6-5-7-9-18)36(32,33)21-13-10-19(11-14-21)24(30)28-26-27-22-15-12-20(16-23(22)35-26)25(31)34-4-2/h5-16H,3-4,17H2,1-2H3,(H,27,28,30). The second-order valence-electron chi connectivity index (χ2n) is 7.82. The van der Waals surface area contributed by atoms with Crippen LogP contribution >= 0.6 is 11.3 Å². The highest BCUT2D eigenvalue weighted by atomic mass is 32.2. The molecule has 0 bridgehead atoms. The molecule has 0 atom stereocenters. The van der Waals surface area contributed by atoms with E-state index in [9.17, 15) is 18.0 Å². The average molecular weight is 524 g/mol. The molecular formula is C26H25N3O5S2. The lowest BCUT2D eigenvalue weighted by Gasteiger charge is -2.20. The van der Waals surface area contributed by atoms with Gasteiger partial charge in [-0.1, -0.05) is 48.6 Å². The summed E-state index contributed by atoms with van der Waals surface area (Å²) in [6.45, 7) is 4.38. The SMILES string of the molecule is CCOC(=O)c1ccc2nc(NC(=O)c3ccc(S(=O)(=O)N(CC)Cc4ccccc4)cc3)sc2c1. The van der Waals surface area contributed by atoms with Gasteiger partial charge in [0.1, 0.15) is 0 Å². The molecule has 1 heterocycles. The Morgan fingerprint density at radius 2 is 1.67 bits per heavy atom. The van der Waals surface area contributed by atoms with E-state index in [-0.39, 0.29) is 18.0 Å². The molecule has 3 aromatic carbocycles. The molecule has 0 saturated heterocycles. The van der Waals surface area contributed by atoms with E-state index < -0.39 is 21.9 Å². The largest absolute Gasteiger partial charge is 0.462 e. The van der Waals surface area contributed by atoms with E-state index in [1.54, 1.807) is 32.0 Å². The Kier molecular flexibility index (Phi) is 7.78. The molecule has 0 spiro atoms. The number of aromatic nitrogens is 1. The number of nitrogens with zero attached hydrogens (tertiary/aromatic N) is 2. The number of amides is 1. The van der Waals surface area contributed by atoms with Crippen LogP contribution in [0.2, 0.25) is 0 Å². The van der Waals surface area contributed by atoms with E-state index in [2.05, 4.69) is 10.3 Å². The smallest absolute Gasteiger partial charge is 0.338 e. The second kappa shape index (κ2) is 11.0. The Hall–Kier alpha value is -3.60. The van der Waals surface area contributed by atoms with Crippen LogP contribution in [0.1, 0.15) is 40.1 Å². The zero-order valence-electron chi connectivity index (χ0n) is 19.8. The first kappa shape index (κ1) is 25.5. The lowest BCUT2D eigenvalue weighted by Crippen LogP contribution is -2.30. The molecule has 4 aromatic rings. The summed E-state index contributed by atoms with van der Waals surface area (Å²) in [5.41, 5.74) is 2.24. The Balaban J connectivity index is 1.47. The number of esters is 1. The highest BCUT2D eigenvalue weighted by molar-refractivity contribution is 7.89. The number of hydrogen-bond donors (Lipinski definition) is 1. The van der Waals surface area contributed by atoms with Crippen molar-refractivity contribution in [1.82, 2.24) is 9.29 Å². The molecule has 0 aliphatic rings. The number of hydrogen-bond acceptors (Lipinski definition) is 7. The maximum Gasteiger partial charge on any atom is 0.338 e. The van der Waals surface area contributed by atoms with Crippen molar-refractivity contribution in [3.8, 4) is 0 Å². The maximum absolute atomic E-state index is 13.1. The van der Waals surface area contributed by atoms with Crippen LogP contribution < -0.4 is 5.32 Å². The molecule has 0 radical (unpaired) electrons. The molecule has 4 rings (SSSR count). The van der Waals surface area contributed by atoms with Crippen LogP contribution in [0.5, 0.6) is 0 Å². The predicted molar refractivity (Wildman–Crippen MR) is 140 cm³/mol. The highest BCUT2D eigenvalue weighted by Crippen LogP contribution is 2.28. The molecule has 10 heteroatoms. The minimum absolute atomic E-state index is 0.114. The monoisotopic (exact) mass is 523 g/mol. The summed E-state index contributed by atoms with van der Waals surface area (Å²) in [5, 5.41) is 3.11. The quantitative estimate of drug-likeness (QED) is 0.312. The average Bonchev–Trinajstić information content (AvgIpc) is 3.29. The number of sulfonamides is 1. The van der Waals surface area contributed by atoms with Gasteiger partial charge < -0.3 is 4.74 Å². The van der Waals surface area contributed by atoms with Gasteiger partial charge >= 0.3 is 5.97 Å². The molecule has 186 valence electrons. The van der Waals surface area contributed by atoms with Crippen molar-refractivity contribution in [2.45, 2.75) is 25.3 Å². The third kappa shape index (κ3) is 5.62. The lowest BCUT2D eigenvalue weighted by molar-refractivity contribution is 0.0526. The summed E-state index contributed by atoms with van der Waals surface area (Å²) in [6.07, 6.45) is 0. The maximum atomic E-state index is 13.1. The van der Waals surface area contributed by atoms with Gasteiger partial charge in [-0.15, -0.1) is 0 Å². The predicted octanol–water partition coefficient (Wildman–Crippen LogP) is 4.94. The first-order valence-corrected chi connectivity index (χ1v) is 13.6. The van der Waals surface area contributed by atoms with Gasteiger partial charge in [-0.3, -0.25) is 10.1 Å². The molecule has 0 aliphatic heterocycles. The zero-order valence-corrected chi connectivity index (χ0v) is 21.4.